The summed E-state index contributed by atoms with van der Waals surface area (Å²) in [6.45, 7) is 0. The third-order valence-corrected chi connectivity index (χ3v) is 3.03. The molecule has 1 aliphatic heterocycles. The number of hydrogen-bond acceptors (Lipinski definition) is 3. The first-order valence-electron chi connectivity index (χ1n) is 4.68. The summed E-state index contributed by atoms with van der Waals surface area (Å²) in [5.41, 5.74) is 0.637. The minimum Gasteiger partial charge on any atom is -0.386 e. The van der Waals surface area contributed by atoms with Crippen molar-refractivity contribution in [3.05, 3.63) is 52.6 Å². The maximum absolute atomic E-state index is 11.3. The van der Waals surface area contributed by atoms with Gasteiger partial charge >= 0.3 is 11.9 Å². The molecule has 0 saturated carbocycles. The molecule has 1 heterocycles. The third-order valence-electron chi connectivity index (χ3n) is 2.13. The van der Waals surface area contributed by atoms with Gasteiger partial charge in [0.05, 0.1) is 15.6 Å². The molecule has 1 aromatic carbocycles. The van der Waals surface area contributed by atoms with E-state index in [4.69, 9.17) is 23.2 Å². The van der Waals surface area contributed by atoms with E-state index in [1.165, 1.54) is 0 Å². The number of carbonyl (C=O) groups is 2. The van der Waals surface area contributed by atoms with E-state index in [9.17, 15) is 9.59 Å². The summed E-state index contributed by atoms with van der Waals surface area (Å²) < 4.78 is 4.33. The lowest BCUT2D eigenvalue weighted by atomic mass is 10.1. The van der Waals surface area contributed by atoms with Crippen molar-refractivity contribution in [3.8, 4) is 0 Å². The second kappa shape index (κ2) is 4.73. The van der Waals surface area contributed by atoms with Crippen LogP contribution in [0.25, 0.3) is 5.03 Å². The van der Waals surface area contributed by atoms with Crippen LogP contribution in [0.2, 0.25) is 0 Å². The first-order chi connectivity index (χ1) is 8.09. The zero-order valence-corrected chi connectivity index (χ0v) is 9.96. The summed E-state index contributed by atoms with van der Waals surface area (Å²) in [5, 5.41) is 0.207. The molecular weight excluding hydrogens is 263 g/mol. The summed E-state index contributed by atoms with van der Waals surface area (Å²) in [6, 6.07) is 8.89. The second-order valence-corrected chi connectivity index (χ2v) is 4.02. The van der Waals surface area contributed by atoms with Gasteiger partial charge in [0.15, 0.2) is 0 Å². The molecule has 0 amide bonds. The standard InChI is InChI=1S/C12H6Cl2O3/c13-10(7-4-2-1-3-5-7)11(14)8-6-9(15)17-12(8)16/h1-6H. The van der Waals surface area contributed by atoms with Crippen LogP contribution in [0.5, 0.6) is 0 Å². The monoisotopic (exact) mass is 268 g/mol. The minimum atomic E-state index is -0.783. The van der Waals surface area contributed by atoms with Crippen molar-refractivity contribution in [2.75, 3.05) is 0 Å². The molecule has 3 nitrogen and oxygen atoms in total. The fourth-order valence-electron chi connectivity index (χ4n) is 1.33. The highest BCUT2D eigenvalue weighted by atomic mass is 35.5. The highest BCUT2D eigenvalue weighted by Crippen LogP contribution is 2.32. The summed E-state index contributed by atoms with van der Waals surface area (Å²) in [7, 11) is 0. The molecule has 2 rings (SSSR count). The van der Waals surface area contributed by atoms with Crippen molar-refractivity contribution in [3.63, 3.8) is 0 Å². The molecule has 0 saturated heterocycles. The molecule has 0 fully saturated rings. The van der Waals surface area contributed by atoms with Gasteiger partial charge in [-0.15, -0.1) is 0 Å². The quantitative estimate of drug-likeness (QED) is 0.612. The topological polar surface area (TPSA) is 43.4 Å². The van der Waals surface area contributed by atoms with E-state index in [1.807, 2.05) is 6.07 Å². The normalized spacial score (nSPS) is 16.5. The van der Waals surface area contributed by atoms with Crippen molar-refractivity contribution < 1.29 is 14.3 Å². The van der Waals surface area contributed by atoms with Crippen LogP contribution in [0, 0.1) is 0 Å². The van der Waals surface area contributed by atoms with Gasteiger partial charge in [0.1, 0.15) is 0 Å². The van der Waals surface area contributed by atoms with Gasteiger partial charge in [-0.3, -0.25) is 0 Å². The van der Waals surface area contributed by atoms with Crippen LogP contribution in [0.1, 0.15) is 5.56 Å². The third kappa shape index (κ3) is 2.40. The Morgan fingerprint density at radius 3 is 2.18 bits per heavy atom. The molecule has 0 bridgehead atoms. The summed E-state index contributed by atoms with van der Waals surface area (Å²) >= 11 is 12.0. The molecule has 1 aliphatic rings. The van der Waals surface area contributed by atoms with Crippen molar-refractivity contribution in [1.82, 2.24) is 0 Å². The number of cyclic esters (lactones) is 2. The van der Waals surface area contributed by atoms with E-state index >= 15 is 0 Å². The van der Waals surface area contributed by atoms with Crippen LogP contribution in [0.3, 0.4) is 0 Å². The zero-order chi connectivity index (χ0) is 12.4. The number of rotatable bonds is 2. The van der Waals surface area contributed by atoms with Crippen molar-refractivity contribution >= 4 is 40.2 Å². The van der Waals surface area contributed by atoms with E-state index < -0.39 is 11.9 Å². The van der Waals surface area contributed by atoms with Gasteiger partial charge < -0.3 is 4.74 Å². The molecule has 0 atom stereocenters. The van der Waals surface area contributed by atoms with Gasteiger partial charge in [0.2, 0.25) is 0 Å². The number of esters is 2. The number of benzene rings is 1. The van der Waals surface area contributed by atoms with Crippen LogP contribution < -0.4 is 0 Å². The molecule has 5 heteroatoms. The Bertz CT molecular complexity index is 544. The lowest BCUT2D eigenvalue weighted by Crippen LogP contribution is -2.02. The van der Waals surface area contributed by atoms with Crippen molar-refractivity contribution in [2.45, 2.75) is 0 Å². The van der Waals surface area contributed by atoms with Crippen molar-refractivity contribution in [1.29, 1.82) is 0 Å². The van der Waals surface area contributed by atoms with E-state index in [1.54, 1.807) is 24.3 Å². The molecule has 0 radical (unpaired) electrons. The van der Waals surface area contributed by atoms with E-state index in [0.29, 0.717) is 5.56 Å². The first-order valence-corrected chi connectivity index (χ1v) is 5.44. The van der Waals surface area contributed by atoms with Crippen molar-refractivity contribution in [2.24, 2.45) is 0 Å². The fraction of sp³-hybridized carbons (Fsp3) is 0. The highest BCUT2D eigenvalue weighted by Gasteiger charge is 2.27. The number of hydrogen-bond donors (Lipinski definition) is 0. The number of carbonyl (C=O) groups excluding carboxylic acids is 2. The summed E-state index contributed by atoms with van der Waals surface area (Å²) in [6.07, 6.45) is 1.02. The van der Waals surface area contributed by atoms with Gasteiger partial charge in [-0.1, -0.05) is 53.5 Å². The average molecular weight is 269 g/mol. The van der Waals surface area contributed by atoms with E-state index in [2.05, 4.69) is 4.74 Å². The molecule has 86 valence electrons. The van der Waals surface area contributed by atoms with Gasteiger partial charge in [0.25, 0.3) is 0 Å². The Kier molecular flexibility index (Phi) is 3.31. The molecule has 0 spiro atoms. The highest BCUT2D eigenvalue weighted by molar-refractivity contribution is 6.56. The predicted molar refractivity (Wildman–Crippen MR) is 64.3 cm³/mol. The van der Waals surface area contributed by atoms with Gasteiger partial charge in [-0.05, 0) is 5.56 Å². The number of halogens is 2. The maximum Gasteiger partial charge on any atom is 0.347 e. The molecule has 0 aromatic heterocycles. The first kappa shape index (κ1) is 11.9. The van der Waals surface area contributed by atoms with Crippen LogP contribution in [-0.4, -0.2) is 11.9 Å². The Balaban J connectivity index is 2.43. The number of ether oxygens (including phenoxy) is 1. The minimum absolute atomic E-state index is 0.00807. The average Bonchev–Trinajstić information content (AvgIpc) is 2.68. The van der Waals surface area contributed by atoms with Crippen LogP contribution in [0.4, 0.5) is 0 Å². The van der Waals surface area contributed by atoms with E-state index in [-0.39, 0.29) is 15.6 Å². The smallest absolute Gasteiger partial charge is 0.347 e. The molecule has 0 N–H and O–H groups in total. The van der Waals surface area contributed by atoms with Crippen LogP contribution in [-0.2, 0) is 14.3 Å². The SMILES string of the molecule is O=C1C=C(C(Cl)=C(Cl)c2ccccc2)C(=O)O1. The Morgan fingerprint density at radius 1 is 1.00 bits per heavy atom. The Morgan fingerprint density at radius 2 is 1.65 bits per heavy atom. The van der Waals surface area contributed by atoms with Crippen LogP contribution >= 0.6 is 23.2 Å². The maximum atomic E-state index is 11.3. The zero-order valence-electron chi connectivity index (χ0n) is 8.44. The van der Waals surface area contributed by atoms with Gasteiger partial charge in [0, 0.05) is 6.08 Å². The lowest BCUT2D eigenvalue weighted by Gasteiger charge is -2.02. The molecule has 0 aliphatic carbocycles. The predicted octanol–water partition coefficient (Wildman–Crippen LogP) is 2.84. The lowest BCUT2D eigenvalue weighted by molar-refractivity contribution is -0.150. The van der Waals surface area contributed by atoms with Gasteiger partial charge in [-0.2, -0.15) is 0 Å². The second-order valence-electron chi connectivity index (χ2n) is 3.26. The fourth-order valence-corrected chi connectivity index (χ4v) is 1.80. The summed E-state index contributed by atoms with van der Waals surface area (Å²) in [4.78, 5) is 22.2. The summed E-state index contributed by atoms with van der Waals surface area (Å²) in [5.74, 6) is -1.52. The Labute approximate surface area is 107 Å². The molecule has 0 unspecified atom stereocenters. The largest absolute Gasteiger partial charge is 0.386 e. The molecule has 17 heavy (non-hydrogen) atoms. The van der Waals surface area contributed by atoms with Gasteiger partial charge in [-0.25, -0.2) is 9.59 Å². The molecular formula is C12H6Cl2O3. The Hall–Kier alpha value is -1.58. The molecule has 1 aromatic rings. The van der Waals surface area contributed by atoms with Crippen LogP contribution in [0.15, 0.2) is 47.0 Å². The van der Waals surface area contributed by atoms with E-state index in [0.717, 1.165) is 6.08 Å².